The fraction of sp³-hybridized carbons (Fsp3) is 0.357. The molecule has 2 rings (SSSR count). The quantitative estimate of drug-likeness (QED) is 0.799. The minimum atomic E-state index is -0.250. The van der Waals surface area contributed by atoms with E-state index in [1.54, 1.807) is 18.2 Å². The highest BCUT2D eigenvalue weighted by atomic mass is 79.9. The third-order valence-electron chi connectivity index (χ3n) is 2.95. The summed E-state index contributed by atoms with van der Waals surface area (Å²) >= 11 is 3.18. The Balaban J connectivity index is 2.14. The van der Waals surface area contributed by atoms with Gasteiger partial charge in [-0.1, -0.05) is 11.6 Å². The highest BCUT2D eigenvalue weighted by Crippen LogP contribution is 2.22. The van der Waals surface area contributed by atoms with Gasteiger partial charge in [-0.25, -0.2) is 4.39 Å². The Kier molecular flexibility index (Phi) is 4.11. The summed E-state index contributed by atoms with van der Waals surface area (Å²) in [6, 6.07) is 5.01. The Morgan fingerprint density at radius 1 is 1.24 bits per heavy atom. The van der Waals surface area contributed by atoms with Crippen LogP contribution in [0.25, 0.3) is 0 Å². The van der Waals surface area contributed by atoms with Crippen molar-refractivity contribution in [2.45, 2.75) is 32.1 Å². The first kappa shape index (κ1) is 12.5. The van der Waals surface area contributed by atoms with E-state index in [0.717, 1.165) is 36.8 Å². The molecular weight excluding hydrogens is 283 g/mol. The third kappa shape index (κ3) is 3.50. The molecule has 0 atom stereocenters. The van der Waals surface area contributed by atoms with Gasteiger partial charge >= 0.3 is 0 Å². The van der Waals surface area contributed by atoms with Gasteiger partial charge in [0.1, 0.15) is 5.82 Å². The lowest BCUT2D eigenvalue weighted by molar-refractivity contribution is -0.114. The largest absolute Gasteiger partial charge is 0.295 e. The highest BCUT2D eigenvalue weighted by molar-refractivity contribution is 9.10. The molecule has 0 radical (unpaired) electrons. The second kappa shape index (κ2) is 5.58. The molecule has 0 saturated heterocycles. The Bertz CT molecular complexity index is 465. The van der Waals surface area contributed by atoms with E-state index >= 15 is 0 Å². The minimum Gasteiger partial charge on any atom is -0.295 e. The number of carbonyl (C=O) groups excluding carboxylic acids is 1. The van der Waals surface area contributed by atoms with Crippen molar-refractivity contribution in [3.63, 3.8) is 0 Å². The maximum absolute atomic E-state index is 13.1. The number of rotatable bonds is 2. The molecular formula is C14H14BrFO. The molecule has 0 aliphatic heterocycles. The highest BCUT2D eigenvalue weighted by Gasteiger charge is 2.09. The van der Waals surface area contributed by atoms with Crippen LogP contribution in [0.3, 0.4) is 0 Å². The van der Waals surface area contributed by atoms with Crippen LogP contribution in [0.2, 0.25) is 0 Å². The van der Waals surface area contributed by atoms with Crippen molar-refractivity contribution in [1.82, 2.24) is 0 Å². The van der Waals surface area contributed by atoms with Crippen molar-refractivity contribution in [3.05, 3.63) is 45.7 Å². The fourth-order valence-corrected chi connectivity index (χ4v) is 2.50. The molecule has 0 heterocycles. The van der Waals surface area contributed by atoms with E-state index in [9.17, 15) is 9.18 Å². The summed E-state index contributed by atoms with van der Waals surface area (Å²) in [5, 5.41) is 0. The smallest absolute Gasteiger partial charge is 0.155 e. The molecule has 0 aromatic heterocycles. The summed E-state index contributed by atoms with van der Waals surface area (Å²) in [5.41, 5.74) is 2.20. The Labute approximate surface area is 109 Å². The fourth-order valence-electron chi connectivity index (χ4n) is 2.07. The van der Waals surface area contributed by atoms with Crippen LogP contribution < -0.4 is 0 Å². The van der Waals surface area contributed by atoms with Crippen LogP contribution in [0.1, 0.15) is 31.2 Å². The van der Waals surface area contributed by atoms with E-state index in [1.807, 2.05) is 0 Å². The predicted molar refractivity (Wildman–Crippen MR) is 69.4 cm³/mol. The van der Waals surface area contributed by atoms with E-state index in [1.165, 1.54) is 6.07 Å². The third-order valence-corrected chi connectivity index (χ3v) is 3.56. The van der Waals surface area contributed by atoms with E-state index in [4.69, 9.17) is 0 Å². The van der Waals surface area contributed by atoms with Gasteiger partial charge in [-0.15, -0.1) is 0 Å². The van der Waals surface area contributed by atoms with Gasteiger partial charge in [-0.05, 0) is 65.4 Å². The maximum atomic E-state index is 13.1. The van der Waals surface area contributed by atoms with Crippen LogP contribution in [-0.2, 0) is 11.2 Å². The molecule has 1 aliphatic carbocycles. The Hall–Kier alpha value is -0.960. The lowest BCUT2D eigenvalue weighted by Crippen LogP contribution is -1.94. The van der Waals surface area contributed by atoms with Crippen LogP contribution in [0.4, 0.5) is 4.39 Å². The summed E-state index contributed by atoms with van der Waals surface area (Å²) in [6.07, 6.45) is 6.19. The molecule has 0 bridgehead atoms. The molecule has 17 heavy (non-hydrogen) atoms. The zero-order valence-corrected chi connectivity index (χ0v) is 11.1. The Morgan fingerprint density at radius 2 is 2.00 bits per heavy atom. The molecule has 0 unspecified atom stereocenters. The molecule has 1 aliphatic rings. The van der Waals surface area contributed by atoms with Crippen molar-refractivity contribution < 1.29 is 9.18 Å². The number of carbonyl (C=O) groups is 1. The first-order valence-electron chi connectivity index (χ1n) is 5.81. The van der Waals surface area contributed by atoms with Crippen LogP contribution in [0.5, 0.6) is 0 Å². The zero-order chi connectivity index (χ0) is 12.3. The maximum Gasteiger partial charge on any atom is 0.155 e. The molecule has 1 aromatic carbocycles. The van der Waals surface area contributed by atoms with Crippen LogP contribution in [-0.4, -0.2) is 5.78 Å². The van der Waals surface area contributed by atoms with E-state index in [0.29, 0.717) is 10.9 Å². The van der Waals surface area contributed by atoms with Crippen molar-refractivity contribution in [2.75, 3.05) is 0 Å². The SMILES string of the molecule is O=C1C=C(Cc2ccc(F)c(Br)c2)CCCC1. The van der Waals surface area contributed by atoms with E-state index < -0.39 is 0 Å². The zero-order valence-electron chi connectivity index (χ0n) is 9.51. The molecule has 3 heteroatoms. The number of hydrogen-bond donors (Lipinski definition) is 0. The number of hydrogen-bond acceptors (Lipinski definition) is 1. The molecule has 1 aromatic rings. The van der Waals surface area contributed by atoms with Crippen LogP contribution in [0.15, 0.2) is 34.3 Å². The lowest BCUT2D eigenvalue weighted by Gasteiger charge is -2.06. The second-order valence-electron chi connectivity index (χ2n) is 4.40. The van der Waals surface area contributed by atoms with Crippen LogP contribution in [0, 0.1) is 5.82 Å². The van der Waals surface area contributed by atoms with Gasteiger partial charge in [0.05, 0.1) is 4.47 Å². The van der Waals surface area contributed by atoms with Gasteiger partial charge < -0.3 is 0 Å². The molecule has 0 amide bonds. The van der Waals surface area contributed by atoms with Crippen molar-refractivity contribution in [3.8, 4) is 0 Å². The van der Waals surface area contributed by atoms with Gasteiger partial charge in [0.2, 0.25) is 0 Å². The summed E-state index contributed by atoms with van der Waals surface area (Å²) in [6.45, 7) is 0. The van der Waals surface area contributed by atoms with Gasteiger partial charge in [-0.2, -0.15) is 0 Å². The molecule has 1 nitrogen and oxygen atoms in total. The first-order valence-corrected chi connectivity index (χ1v) is 6.60. The minimum absolute atomic E-state index is 0.221. The first-order chi connectivity index (χ1) is 8.15. The van der Waals surface area contributed by atoms with Crippen molar-refractivity contribution in [2.24, 2.45) is 0 Å². The average molecular weight is 297 g/mol. The van der Waals surface area contributed by atoms with Gasteiger partial charge in [0.15, 0.2) is 5.78 Å². The molecule has 90 valence electrons. The standard InChI is InChI=1S/C14H14BrFO/c15-13-9-11(5-6-14(13)16)7-10-3-1-2-4-12(17)8-10/h5-6,8-9H,1-4,7H2. The predicted octanol–water partition coefficient (Wildman–Crippen LogP) is 4.20. The lowest BCUT2D eigenvalue weighted by atomic mass is 10.0. The molecule has 0 N–H and O–H groups in total. The van der Waals surface area contributed by atoms with Crippen molar-refractivity contribution >= 4 is 21.7 Å². The second-order valence-corrected chi connectivity index (χ2v) is 5.26. The van der Waals surface area contributed by atoms with Gasteiger partial charge in [0.25, 0.3) is 0 Å². The number of benzene rings is 1. The summed E-state index contributed by atoms with van der Waals surface area (Å²) < 4.78 is 13.6. The molecule has 0 saturated carbocycles. The summed E-state index contributed by atoms with van der Waals surface area (Å²) in [5.74, 6) is -0.0293. The average Bonchev–Trinajstić information content (AvgIpc) is 2.48. The topological polar surface area (TPSA) is 17.1 Å². The molecule has 0 fully saturated rings. The van der Waals surface area contributed by atoms with E-state index in [-0.39, 0.29) is 11.6 Å². The normalized spacial score (nSPS) is 16.6. The monoisotopic (exact) mass is 296 g/mol. The van der Waals surface area contributed by atoms with Crippen LogP contribution >= 0.6 is 15.9 Å². The molecule has 0 spiro atoms. The van der Waals surface area contributed by atoms with Gasteiger partial charge in [-0.3, -0.25) is 4.79 Å². The number of allylic oxidation sites excluding steroid dienone is 2. The van der Waals surface area contributed by atoms with E-state index in [2.05, 4.69) is 15.9 Å². The summed E-state index contributed by atoms with van der Waals surface area (Å²) in [7, 11) is 0. The Morgan fingerprint density at radius 3 is 2.76 bits per heavy atom. The summed E-state index contributed by atoms with van der Waals surface area (Å²) in [4.78, 5) is 11.5. The van der Waals surface area contributed by atoms with Crippen molar-refractivity contribution in [1.29, 1.82) is 0 Å². The van der Waals surface area contributed by atoms with Gasteiger partial charge in [0, 0.05) is 6.42 Å². The number of ketones is 1. The number of halogens is 2.